The minimum Gasteiger partial charge on any atom is -0.462 e. The second-order valence-electron chi connectivity index (χ2n) is 5.10. The highest BCUT2D eigenvalue weighted by molar-refractivity contribution is 6.42. The first-order chi connectivity index (χ1) is 10.4. The van der Waals surface area contributed by atoms with Crippen molar-refractivity contribution >= 4 is 46.0 Å². The molecule has 5 nitrogen and oxygen atoms in total. The molecule has 1 amide bonds. The summed E-state index contributed by atoms with van der Waals surface area (Å²) < 4.78 is 5.12. The van der Waals surface area contributed by atoms with E-state index in [0.717, 1.165) is 16.5 Å². The van der Waals surface area contributed by atoms with Gasteiger partial charge in [0, 0.05) is 23.5 Å². The van der Waals surface area contributed by atoms with Crippen LogP contribution in [0.2, 0.25) is 10.0 Å². The first-order valence-electron chi connectivity index (χ1n) is 6.79. The predicted octanol–water partition coefficient (Wildman–Crippen LogP) is 3.21. The fourth-order valence-electron chi connectivity index (χ4n) is 2.23. The quantitative estimate of drug-likeness (QED) is 0.790. The molecule has 22 heavy (non-hydrogen) atoms. The molecule has 0 unspecified atom stereocenters. The Hall–Kier alpha value is -1.72. The van der Waals surface area contributed by atoms with E-state index in [4.69, 9.17) is 33.7 Å². The van der Waals surface area contributed by atoms with Crippen molar-refractivity contribution < 1.29 is 14.3 Å². The van der Waals surface area contributed by atoms with E-state index in [2.05, 4.69) is 4.98 Å². The molecule has 0 bridgehead atoms. The van der Waals surface area contributed by atoms with E-state index in [9.17, 15) is 9.59 Å². The summed E-state index contributed by atoms with van der Waals surface area (Å²) >= 11 is 12.0. The number of benzene rings is 1. The number of rotatable bonds is 6. The van der Waals surface area contributed by atoms with E-state index in [1.165, 1.54) is 0 Å². The van der Waals surface area contributed by atoms with Crippen LogP contribution in [0.3, 0.4) is 0 Å². The molecule has 0 saturated carbocycles. The zero-order chi connectivity index (χ0) is 16.3. The van der Waals surface area contributed by atoms with Crippen LogP contribution in [0.5, 0.6) is 0 Å². The number of nitrogens with two attached hydrogens (primary N) is 1. The number of fused-ring (bicyclic) bond motifs is 1. The summed E-state index contributed by atoms with van der Waals surface area (Å²) in [5.74, 6) is -0.869. The maximum atomic E-state index is 11.8. The highest BCUT2D eigenvalue weighted by Crippen LogP contribution is 2.29. The van der Waals surface area contributed by atoms with Crippen LogP contribution in [-0.2, 0) is 20.7 Å². The summed E-state index contributed by atoms with van der Waals surface area (Å²) in [6, 6.07) is 3.52. The summed E-state index contributed by atoms with van der Waals surface area (Å²) in [5, 5.41) is 1.86. The van der Waals surface area contributed by atoms with Crippen molar-refractivity contribution in [3.05, 3.63) is 33.9 Å². The molecule has 1 atom stereocenters. The van der Waals surface area contributed by atoms with E-state index < -0.39 is 12.0 Å². The van der Waals surface area contributed by atoms with Gasteiger partial charge in [-0.2, -0.15) is 0 Å². The molecule has 0 saturated heterocycles. The van der Waals surface area contributed by atoms with Crippen LogP contribution >= 0.6 is 23.2 Å². The monoisotopic (exact) mass is 342 g/mol. The average Bonchev–Trinajstić information content (AvgIpc) is 2.78. The van der Waals surface area contributed by atoms with E-state index in [1.807, 2.05) is 6.20 Å². The Labute approximate surface area is 137 Å². The van der Waals surface area contributed by atoms with Gasteiger partial charge in [-0.1, -0.05) is 23.2 Å². The lowest BCUT2D eigenvalue weighted by Gasteiger charge is -2.11. The van der Waals surface area contributed by atoms with Gasteiger partial charge in [-0.25, -0.2) is 0 Å². The SMILES string of the molecule is C[C@@H](CC(N)=O)OC(=O)CCc1c[nH]c2cc(Cl)c(Cl)cc12. The highest BCUT2D eigenvalue weighted by Gasteiger charge is 2.14. The molecule has 3 N–H and O–H groups in total. The topological polar surface area (TPSA) is 85.2 Å². The third kappa shape index (κ3) is 4.15. The van der Waals surface area contributed by atoms with E-state index in [1.54, 1.807) is 19.1 Å². The number of halogens is 2. The Kier molecular flexibility index (Phi) is 5.32. The van der Waals surface area contributed by atoms with Crippen molar-refractivity contribution in [1.82, 2.24) is 4.98 Å². The van der Waals surface area contributed by atoms with Crippen LogP contribution in [0.25, 0.3) is 10.9 Å². The van der Waals surface area contributed by atoms with Crippen LogP contribution in [0.1, 0.15) is 25.3 Å². The lowest BCUT2D eigenvalue weighted by molar-refractivity contribution is -0.149. The van der Waals surface area contributed by atoms with Gasteiger partial charge in [-0.3, -0.25) is 9.59 Å². The van der Waals surface area contributed by atoms with Crippen molar-refractivity contribution in [3.63, 3.8) is 0 Å². The number of aryl methyl sites for hydroxylation is 1. The van der Waals surface area contributed by atoms with Gasteiger partial charge >= 0.3 is 5.97 Å². The van der Waals surface area contributed by atoms with Crippen molar-refractivity contribution in [2.24, 2.45) is 5.73 Å². The number of hydrogen-bond acceptors (Lipinski definition) is 3. The molecule has 0 radical (unpaired) electrons. The number of H-pyrrole nitrogens is 1. The molecule has 118 valence electrons. The van der Waals surface area contributed by atoms with Gasteiger partial charge in [0.15, 0.2) is 0 Å². The number of esters is 1. The van der Waals surface area contributed by atoms with Crippen molar-refractivity contribution in [2.75, 3.05) is 0 Å². The molecule has 2 aromatic rings. The molecule has 7 heteroatoms. The number of primary amides is 1. The Morgan fingerprint density at radius 1 is 1.32 bits per heavy atom. The van der Waals surface area contributed by atoms with Crippen LogP contribution < -0.4 is 5.73 Å². The summed E-state index contributed by atoms with van der Waals surface area (Å²) in [7, 11) is 0. The Morgan fingerprint density at radius 3 is 2.68 bits per heavy atom. The predicted molar refractivity (Wildman–Crippen MR) is 86.0 cm³/mol. The van der Waals surface area contributed by atoms with E-state index >= 15 is 0 Å². The van der Waals surface area contributed by atoms with Gasteiger partial charge in [-0.15, -0.1) is 0 Å². The Bertz CT molecular complexity index is 712. The van der Waals surface area contributed by atoms with Crippen molar-refractivity contribution in [2.45, 2.75) is 32.3 Å². The minimum atomic E-state index is -0.513. The fraction of sp³-hybridized carbons (Fsp3) is 0.333. The maximum absolute atomic E-state index is 11.8. The summed E-state index contributed by atoms with van der Waals surface area (Å²) in [4.78, 5) is 25.6. The normalized spacial score (nSPS) is 12.3. The molecule has 1 aromatic heterocycles. The second kappa shape index (κ2) is 7.03. The van der Waals surface area contributed by atoms with Crippen LogP contribution in [0.4, 0.5) is 0 Å². The van der Waals surface area contributed by atoms with Gasteiger partial charge in [0.2, 0.25) is 5.91 Å². The van der Waals surface area contributed by atoms with Gasteiger partial charge in [0.05, 0.1) is 16.5 Å². The Morgan fingerprint density at radius 2 is 2.00 bits per heavy atom. The molecule has 0 aliphatic rings. The van der Waals surface area contributed by atoms with Gasteiger partial charge in [0.1, 0.15) is 6.10 Å². The van der Waals surface area contributed by atoms with Gasteiger partial charge in [0.25, 0.3) is 0 Å². The minimum absolute atomic E-state index is 0.0208. The third-order valence-corrected chi connectivity index (χ3v) is 3.95. The van der Waals surface area contributed by atoms with Crippen LogP contribution in [0, 0.1) is 0 Å². The number of carbonyl (C=O) groups excluding carboxylic acids is 2. The van der Waals surface area contributed by atoms with Crippen LogP contribution in [0.15, 0.2) is 18.3 Å². The summed E-state index contributed by atoms with van der Waals surface area (Å²) in [6.07, 6.45) is 2.03. The first kappa shape index (κ1) is 16.6. The molecule has 1 heterocycles. The Balaban J connectivity index is 1.98. The number of ether oxygens (including phenoxy) is 1. The molecule has 2 rings (SSSR count). The molecule has 0 aliphatic carbocycles. The van der Waals surface area contributed by atoms with E-state index in [-0.39, 0.29) is 18.8 Å². The highest BCUT2D eigenvalue weighted by atomic mass is 35.5. The van der Waals surface area contributed by atoms with Crippen LogP contribution in [-0.4, -0.2) is 23.0 Å². The van der Waals surface area contributed by atoms with Crippen molar-refractivity contribution in [3.8, 4) is 0 Å². The molecule has 0 fully saturated rings. The lowest BCUT2D eigenvalue weighted by Crippen LogP contribution is -2.22. The second-order valence-corrected chi connectivity index (χ2v) is 5.91. The number of hydrogen-bond donors (Lipinski definition) is 2. The molecule has 0 spiro atoms. The van der Waals surface area contributed by atoms with Gasteiger partial charge < -0.3 is 15.5 Å². The first-order valence-corrected chi connectivity index (χ1v) is 7.55. The zero-order valence-corrected chi connectivity index (χ0v) is 13.5. The standard InChI is InChI=1S/C15H16Cl2N2O3/c1-8(4-14(18)20)22-15(21)3-2-9-7-19-13-6-12(17)11(16)5-10(9)13/h5-8,19H,2-4H2,1H3,(H2,18,20)/t8-/m0/s1. The number of carbonyl (C=O) groups is 2. The smallest absolute Gasteiger partial charge is 0.306 e. The maximum Gasteiger partial charge on any atom is 0.306 e. The fourth-order valence-corrected chi connectivity index (χ4v) is 2.55. The zero-order valence-electron chi connectivity index (χ0n) is 12.0. The molecule has 1 aromatic carbocycles. The lowest BCUT2D eigenvalue weighted by atomic mass is 10.1. The average molecular weight is 343 g/mol. The van der Waals surface area contributed by atoms with Gasteiger partial charge in [-0.05, 0) is 31.0 Å². The number of amides is 1. The molecular weight excluding hydrogens is 327 g/mol. The third-order valence-electron chi connectivity index (χ3n) is 3.23. The largest absolute Gasteiger partial charge is 0.462 e. The molecule has 0 aliphatic heterocycles. The van der Waals surface area contributed by atoms with E-state index in [0.29, 0.717) is 16.5 Å². The number of nitrogens with one attached hydrogen (secondary N) is 1. The number of aromatic amines is 1. The van der Waals surface area contributed by atoms with Crippen molar-refractivity contribution in [1.29, 1.82) is 0 Å². The molecular formula is C15H16Cl2N2O3. The summed E-state index contributed by atoms with van der Waals surface area (Å²) in [5.41, 5.74) is 6.86. The summed E-state index contributed by atoms with van der Waals surface area (Å²) in [6.45, 7) is 1.64. The number of aromatic nitrogens is 1.